The van der Waals surface area contributed by atoms with Crippen LogP contribution in [0, 0.1) is 0 Å². The van der Waals surface area contributed by atoms with Gasteiger partial charge < -0.3 is 4.90 Å². The van der Waals surface area contributed by atoms with Gasteiger partial charge >= 0.3 is 6.18 Å². The fraction of sp³-hybridized carbons (Fsp3) is 0.133. The van der Waals surface area contributed by atoms with Crippen molar-refractivity contribution in [2.24, 2.45) is 4.99 Å². The second-order valence-corrected chi connectivity index (χ2v) is 5.03. The summed E-state index contributed by atoms with van der Waals surface area (Å²) in [6.07, 6.45) is -0.716. The predicted molar refractivity (Wildman–Crippen MR) is 81.5 cm³/mol. The summed E-state index contributed by atoms with van der Waals surface area (Å²) in [4.78, 5) is 12.8. The van der Waals surface area contributed by atoms with Crippen LogP contribution >= 0.6 is 11.6 Å². The number of aromatic nitrogens is 2. The summed E-state index contributed by atoms with van der Waals surface area (Å²) in [5.41, 5.74) is -0.277. The molecule has 4 nitrogen and oxygen atoms in total. The van der Waals surface area contributed by atoms with Gasteiger partial charge in [-0.3, -0.25) is 0 Å². The molecule has 118 valence electrons. The lowest BCUT2D eigenvalue weighted by molar-refractivity contribution is -0.137. The molecule has 23 heavy (non-hydrogen) atoms. The predicted octanol–water partition coefficient (Wildman–Crippen LogP) is 3.93. The Balaban J connectivity index is 2.12. The van der Waals surface area contributed by atoms with E-state index < -0.39 is 11.7 Å². The Morgan fingerprint density at radius 3 is 2.57 bits per heavy atom. The Morgan fingerprint density at radius 2 is 1.87 bits per heavy atom. The molecule has 3 rings (SSSR count). The minimum Gasteiger partial charge on any atom is -0.306 e. The molecule has 1 aromatic carbocycles. The zero-order chi connectivity index (χ0) is 16.4. The summed E-state index contributed by atoms with van der Waals surface area (Å²) < 4.78 is 39.8. The fourth-order valence-electron chi connectivity index (χ4n) is 2.19. The SMILES string of the molecule is FC(F)(F)c1cnc(Cl)nc1N1CC=CN=C1c1ccccc1. The van der Waals surface area contributed by atoms with Crippen molar-refractivity contribution in [1.29, 1.82) is 0 Å². The lowest BCUT2D eigenvalue weighted by Gasteiger charge is -2.28. The number of hydrogen-bond acceptors (Lipinski definition) is 4. The van der Waals surface area contributed by atoms with Crippen molar-refractivity contribution in [3.05, 3.63) is 65.2 Å². The lowest BCUT2D eigenvalue weighted by Crippen LogP contribution is -2.36. The molecule has 0 amide bonds. The number of benzene rings is 1. The molecule has 0 atom stereocenters. The Labute approximate surface area is 135 Å². The molecular weight excluding hydrogens is 329 g/mol. The van der Waals surface area contributed by atoms with Crippen LogP contribution in [-0.2, 0) is 6.18 Å². The molecule has 0 N–H and O–H groups in total. The maximum absolute atomic E-state index is 13.3. The highest BCUT2D eigenvalue weighted by Gasteiger charge is 2.37. The molecule has 1 aromatic heterocycles. The molecule has 8 heteroatoms. The molecule has 0 saturated heterocycles. The highest BCUT2D eigenvalue weighted by molar-refractivity contribution is 6.28. The van der Waals surface area contributed by atoms with Crippen LogP contribution in [-0.4, -0.2) is 22.3 Å². The monoisotopic (exact) mass is 338 g/mol. The second kappa shape index (κ2) is 6.00. The molecular formula is C15H10ClF3N4. The first-order chi connectivity index (χ1) is 11.0. The molecule has 0 unspecified atom stereocenters. The van der Waals surface area contributed by atoms with E-state index in [1.54, 1.807) is 36.5 Å². The summed E-state index contributed by atoms with van der Waals surface area (Å²) in [6.45, 7) is 0.199. The van der Waals surface area contributed by atoms with Gasteiger partial charge in [0.1, 0.15) is 11.4 Å². The zero-order valence-electron chi connectivity index (χ0n) is 11.6. The van der Waals surface area contributed by atoms with Crippen LogP contribution in [0.5, 0.6) is 0 Å². The molecule has 0 bridgehead atoms. The summed E-state index contributed by atoms with van der Waals surface area (Å²) in [7, 11) is 0. The maximum Gasteiger partial charge on any atom is 0.421 e. The van der Waals surface area contributed by atoms with Crippen LogP contribution in [0.15, 0.2) is 53.8 Å². The molecule has 0 fully saturated rings. The third kappa shape index (κ3) is 3.19. The largest absolute Gasteiger partial charge is 0.421 e. The van der Waals surface area contributed by atoms with E-state index in [2.05, 4.69) is 15.0 Å². The minimum absolute atomic E-state index is 0.199. The van der Waals surface area contributed by atoms with Crippen molar-refractivity contribution in [3.8, 4) is 0 Å². The molecule has 1 aliphatic heterocycles. The summed E-state index contributed by atoms with van der Waals surface area (Å²) >= 11 is 5.71. The highest BCUT2D eigenvalue weighted by Crippen LogP contribution is 2.36. The number of nitrogens with zero attached hydrogens (tertiary/aromatic N) is 4. The highest BCUT2D eigenvalue weighted by atomic mass is 35.5. The van der Waals surface area contributed by atoms with Crippen molar-refractivity contribution in [3.63, 3.8) is 0 Å². The fourth-order valence-corrected chi connectivity index (χ4v) is 2.32. The van der Waals surface area contributed by atoms with Crippen LogP contribution in [0.1, 0.15) is 11.1 Å². The van der Waals surface area contributed by atoms with Gasteiger partial charge in [-0.1, -0.05) is 30.3 Å². The molecule has 1 aliphatic rings. The molecule has 0 spiro atoms. The van der Waals surface area contributed by atoms with E-state index >= 15 is 0 Å². The van der Waals surface area contributed by atoms with Gasteiger partial charge in [0.2, 0.25) is 5.28 Å². The first-order valence-corrected chi connectivity index (χ1v) is 7.00. The summed E-state index contributed by atoms with van der Waals surface area (Å²) in [6, 6.07) is 8.91. The average molecular weight is 339 g/mol. The average Bonchev–Trinajstić information content (AvgIpc) is 2.54. The number of rotatable bonds is 2. The second-order valence-electron chi connectivity index (χ2n) is 4.69. The summed E-state index contributed by atoms with van der Waals surface area (Å²) in [5.74, 6) is 0.0535. The van der Waals surface area contributed by atoms with Gasteiger partial charge in [-0.15, -0.1) is 0 Å². The molecule has 0 saturated carbocycles. The van der Waals surface area contributed by atoms with Gasteiger partial charge in [0.25, 0.3) is 0 Å². The van der Waals surface area contributed by atoms with Crippen molar-refractivity contribution in [2.45, 2.75) is 6.18 Å². The van der Waals surface area contributed by atoms with Gasteiger partial charge in [-0.2, -0.15) is 18.2 Å². The van der Waals surface area contributed by atoms with Crippen molar-refractivity contribution in [2.75, 3.05) is 11.4 Å². The Morgan fingerprint density at radius 1 is 1.13 bits per heavy atom. The van der Waals surface area contributed by atoms with E-state index in [0.717, 1.165) is 0 Å². The Bertz CT molecular complexity index is 772. The molecule has 0 aliphatic carbocycles. The van der Waals surface area contributed by atoms with Crippen LogP contribution in [0.3, 0.4) is 0 Å². The van der Waals surface area contributed by atoms with Crippen molar-refractivity contribution >= 4 is 23.3 Å². The van der Waals surface area contributed by atoms with Gasteiger partial charge in [-0.25, -0.2) is 9.98 Å². The van der Waals surface area contributed by atoms with E-state index in [0.29, 0.717) is 17.6 Å². The van der Waals surface area contributed by atoms with Crippen LogP contribution < -0.4 is 4.90 Å². The van der Waals surface area contributed by atoms with E-state index in [1.165, 1.54) is 4.90 Å². The number of anilines is 1. The van der Waals surface area contributed by atoms with E-state index in [9.17, 15) is 13.2 Å². The first-order valence-electron chi connectivity index (χ1n) is 6.62. The standard InChI is InChI=1S/C15H10ClF3N4/c16-14-21-9-11(15(17,18)19)13(22-14)23-8-4-7-20-12(23)10-5-2-1-3-6-10/h1-7,9H,8H2. The first kappa shape index (κ1) is 15.5. The van der Waals surface area contributed by atoms with Crippen LogP contribution in [0.4, 0.5) is 19.0 Å². The number of halogens is 4. The number of aliphatic imine (C=N–C) groups is 1. The molecule has 2 aromatic rings. The van der Waals surface area contributed by atoms with E-state index in [-0.39, 0.29) is 17.6 Å². The van der Waals surface area contributed by atoms with Crippen LogP contribution in [0.2, 0.25) is 5.28 Å². The number of alkyl halides is 3. The molecule has 0 radical (unpaired) electrons. The van der Waals surface area contributed by atoms with Crippen LogP contribution in [0.25, 0.3) is 0 Å². The number of hydrogen-bond donors (Lipinski definition) is 0. The van der Waals surface area contributed by atoms with Gasteiger partial charge in [0, 0.05) is 24.5 Å². The third-order valence-corrected chi connectivity index (χ3v) is 3.36. The van der Waals surface area contributed by atoms with Gasteiger partial charge in [0.05, 0.1) is 0 Å². The third-order valence-electron chi connectivity index (χ3n) is 3.18. The lowest BCUT2D eigenvalue weighted by atomic mass is 10.1. The van der Waals surface area contributed by atoms with Crippen molar-refractivity contribution in [1.82, 2.24) is 9.97 Å². The normalized spacial score (nSPS) is 14.8. The van der Waals surface area contributed by atoms with Gasteiger partial charge in [0.15, 0.2) is 5.82 Å². The van der Waals surface area contributed by atoms with Gasteiger partial charge in [-0.05, 0) is 17.7 Å². The number of amidine groups is 1. The smallest absolute Gasteiger partial charge is 0.306 e. The minimum atomic E-state index is -4.59. The topological polar surface area (TPSA) is 41.4 Å². The Kier molecular flexibility index (Phi) is 4.04. The maximum atomic E-state index is 13.3. The quantitative estimate of drug-likeness (QED) is 0.779. The summed E-state index contributed by atoms with van der Waals surface area (Å²) in [5, 5.41) is -0.255. The zero-order valence-corrected chi connectivity index (χ0v) is 12.4. The van der Waals surface area contributed by atoms with Crippen molar-refractivity contribution < 1.29 is 13.2 Å². The van der Waals surface area contributed by atoms with E-state index in [1.807, 2.05) is 6.07 Å². The van der Waals surface area contributed by atoms with E-state index in [4.69, 9.17) is 11.6 Å². The Hall–Kier alpha value is -2.41. The molecule has 2 heterocycles.